The van der Waals surface area contributed by atoms with E-state index in [-0.39, 0.29) is 42.9 Å². The minimum absolute atomic E-state index is 0.0228. The number of amides is 2. The third-order valence-electron chi connectivity index (χ3n) is 4.74. The van der Waals surface area contributed by atoms with Gasteiger partial charge < -0.3 is 9.80 Å². The second-order valence-corrected chi connectivity index (χ2v) is 8.16. The number of carbonyl (C=O) groups is 2. The van der Waals surface area contributed by atoms with Crippen molar-refractivity contribution in [3.8, 4) is 0 Å². The molecule has 0 spiro atoms. The lowest BCUT2D eigenvalue weighted by Crippen LogP contribution is -2.66. The molecule has 1 atom stereocenters. The number of rotatable bonds is 2. The molecule has 2 aliphatic rings. The Morgan fingerprint density at radius 2 is 1.79 bits per heavy atom. The van der Waals surface area contributed by atoms with Crippen LogP contribution in [0, 0.1) is 13.8 Å². The summed E-state index contributed by atoms with van der Waals surface area (Å²) in [6.45, 7) is 3.77. The van der Waals surface area contributed by atoms with Crippen LogP contribution < -0.4 is 0 Å². The van der Waals surface area contributed by atoms with Crippen LogP contribution >= 0.6 is 0 Å². The van der Waals surface area contributed by atoms with E-state index < -0.39 is 16.1 Å². The Balaban J connectivity index is 1.94. The highest BCUT2D eigenvalue weighted by Crippen LogP contribution is 2.26. The van der Waals surface area contributed by atoms with Crippen molar-refractivity contribution in [2.24, 2.45) is 7.05 Å². The maximum absolute atomic E-state index is 13.0. The van der Waals surface area contributed by atoms with Crippen LogP contribution in [0.3, 0.4) is 0 Å². The molecular weight excluding hydrogens is 334 g/mol. The lowest BCUT2D eigenvalue weighted by molar-refractivity contribution is -0.156. The highest BCUT2D eigenvalue weighted by Gasteiger charge is 2.44. The van der Waals surface area contributed by atoms with Gasteiger partial charge >= 0.3 is 0 Å². The molecule has 2 aliphatic heterocycles. The zero-order valence-electron chi connectivity index (χ0n) is 14.2. The van der Waals surface area contributed by atoms with Crippen LogP contribution in [-0.4, -0.2) is 83.4 Å². The monoisotopic (exact) mass is 355 g/mol. The fourth-order valence-electron chi connectivity index (χ4n) is 3.37. The summed E-state index contributed by atoms with van der Waals surface area (Å²) in [6, 6.07) is -0.753. The van der Waals surface area contributed by atoms with E-state index in [1.54, 1.807) is 27.9 Å². The summed E-state index contributed by atoms with van der Waals surface area (Å²) < 4.78 is 28.9. The predicted molar refractivity (Wildman–Crippen MR) is 84.6 cm³/mol. The number of aryl methyl sites for hydroxylation is 2. The number of likely N-dealkylation sites (N-methyl/N-ethyl adjacent to an activating group) is 1. The molecule has 132 valence electrons. The van der Waals surface area contributed by atoms with Gasteiger partial charge in [0.1, 0.15) is 10.9 Å². The maximum atomic E-state index is 13.0. The van der Waals surface area contributed by atoms with Crippen LogP contribution in [0.4, 0.5) is 0 Å². The van der Waals surface area contributed by atoms with E-state index in [1.165, 1.54) is 18.8 Å². The average Bonchev–Trinajstić information content (AvgIpc) is 2.77. The number of aromatic nitrogens is 2. The van der Waals surface area contributed by atoms with E-state index >= 15 is 0 Å². The molecule has 0 bridgehead atoms. The summed E-state index contributed by atoms with van der Waals surface area (Å²) in [6.07, 6.45) is 0. The first-order chi connectivity index (χ1) is 11.1. The number of carbonyl (C=O) groups excluding carboxylic acids is 2. The summed E-state index contributed by atoms with van der Waals surface area (Å²) in [5.41, 5.74) is 0.985. The van der Waals surface area contributed by atoms with Gasteiger partial charge in [0, 0.05) is 33.7 Å². The standard InChI is InChI=1S/C14H21N5O4S/c1-9-13(10(2)17(4)15-9)24(22,23)18-5-6-19-11(7-18)14(21)16(3)8-12(19)20/h11H,5-8H2,1-4H3/t11-/m1/s1. The Morgan fingerprint density at radius 3 is 2.38 bits per heavy atom. The second kappa shape index (κ2) is 5.55. The van der Waals surface area contributed by atoms with Gasteiger partial charge in [0.25, 0.3) is 0 Å². The highest BCUT2D eigenvalue weighted by molar-refractivity contribution is 7.89. The summed E-state index contributed by atoms with van der Waals surface area (Å²) in [5.74, 6) is -0.373. The maximum Gasteiger partial charge on any atom is 0.246 e. The van der Waals surface area contributed by atoms with Crippen molar-refractivity contribution in [3.63, 3.8) is 0 Å². The van der Waals surface area contributed by atoms with Gasteiger partial charge in [0.05, 0.1) is 17.9 Å². The molecule has 3 heterocycles. The van der Waals surface area contributed by atoms with E-state index in [0.29, 0.717) is 11.4 Å². The number of hydrogen-bond acceptors (Lipinski definition) is 5. The molecule has 9 nitrogen and oxygen atoms in total. The molecule has 1 aromatic rings. The summed E-state index contributed by atoms with van der Waals surface area (Å²) in [7, 11) is -0.522. The normalized spacial score (nSPS) is 22.9. The van der Waals surface area contributed by atoms with Gasteiger partial charge in [-0.1, -0.05) is 0 Å². The van der Waals surface area contributed by atoms with E-state index in [0.717, 1.165) is 0 Å². The Kier molecular flexibility index (Phi) is 3.91. The van der Waals surface area contributed by atoms with Crippen LogP contribution in [0.25, 0.3) is 0 Å². The number of piperazine rings is 2. The Bertz CT molecular complexity index is 815. The van der Waals surface area contributed by atoms with Crippen molar-refractivity contribution >= 4 is 21.8 Å². The molecular formula is C14H21N5O4S. The fourth-order valence-corrected chi connectivity index (χ4v) is 5.21. The Morgan fingerprint density at radius 1 is 1.12 bits per heavy atom. The molecule has 10 heteroatoms. The largest absolute Gasteiger partial charge is 0.335 e. The van der Waals surface area contributed by atoms with E-state index in [2.05, 4.69) is 5.10 Å². The van der Waals surface area contributed by atoms with Gasteiger partial charge in [0.15, 0.2) is 0 Å². The molecule has 24 heavy (non-hydrogen) atoms. The molecule has 0 radical (unpaired) electrons. The van der Waals surface area contributed by atoms with Crippen molar-refractivity contribution in [3.05, 3.63) is 11.4 Å². The molecule has 1 aromatic heterocycles. The Labute approximate surface area is 140 Å². The van der Waals surface area contributed by atoms with Crippen molar-refractivity contribution in [2.45, 2.75) is 24.8 Å². The number of hydrogen-bond donors (Lipinski definition) is 0. The minimum Gasteiger partial charge on any atom is -0.335 e. The van der Waals surface area contributed by atoms with Crippen LogP contribution in [0.15, 0.2) is 4.90 Å². The van der Waals surface area contributed by atoms with E-state index in [4.69, 9.17) is 0 Å². The van der Waals surface area contributed by atoms with Crippen LogP contribution in [0.1, 0.15) is 11.4 Å². The van der Waals surface area contributed by atoms with Crippen LogP contribution in [0.5, 0.6) is 0 Å². The fraction of sp³-hybridized carbons (Fsp3) is 0.643. The Hall–Kier alpha value is -1.94. The molecule has 0 saturated carbocycles. The molecule has 0 unspecified atom stereocenters. The van der Waals surface area contributed by atoms with Crippen LogP contribution in [0.2, 0.25) is 0 Å². The molecule has 2 fully saturated rings. The number of nitrogens with zero attached hydrogens (tertiary/aromatic N) is 5. The first-order valence-electron chi connectivity index (χ1n) is 7.69. The summed E-state index contributed by atoms with van der Waals surface area (Å²) in [5, 5.41) is 4.16. The van der Waals surface area contributed by atoms with Gasteiger partial charge in [-0.25, -0.2) is 8.42 Å². The van der Waals surface area contributed by atoms with Gasteiger partial charge in [-0.15, -0.1) is 0 Å². The predicted octanol–water partition coefficient (Wildman–Crippen LogP) is -1.29. The van der Waals surface area contributed by atoms with Crippen molar-refractivity contribution in [1.29, 1.82) is 0 Å². The third kappa shape index (κ3) is 2.40. The highest BCUT2D eigenvalue weighted by atomic mass is 32.2. The van der Waals surface area contributed by atoms with Crippen molar-refractivity contribution in [2.75, 3.05) is 33.2 Å². The SMILES string of the molecule is Cc1nn(C)c(C)c1S(=O)(=O)N1CCN2C(=O)CN(C)C(=O)[C@H]2C1. The lowest BCUT2D eigenvalue weighted by Gasteiger charge is -2.44. The topological polar surface area (TPSA) is 95.8 Å². The molecule has 3 rings (SSSR count). The molecule has 0 aromatic carbocycles. The smallest absolute Gasteiger partial charge is 0.246 e. The van der Waals surface area contributed by atoms with Crippen LogP contribution in [-0.2, 0) is 26.7 Å². The lowest BCUT2D eigenvalue weighted by atomic mass is 10.1. The first kappa shape index (κ1) is 16.9. The summed E-state index contributed by atoms with van der Waals surface area (Å²) in [4.78, 5) is 27.4. The number of fused-ring (bicyclic) bond motifs is 1. The molecule has 2 amide bonds. The van der Waals surface area contributed by atoms with Gasteiger partial charge in [0.2, 0.25) is 21.8 Å². The molecule has 0 aliphatic carbocycles. The van der Waals surface area contributed by atoms with Gasteiger partial charge in [-0.3, -0.25) is 14.3 Å². The quantitative estimate of drug-likeness (QED) is 0.658. The zero-order valence-corrected chi connectivity index (χ0v) is 15.0. The first-order valence-corrected chi connectivity index (χ1v) is 9.13. The van der Waals surface area contributed by atoms with E-state index in [9.17, 15) is 18.0 Å². The zero-order chi connectivity index (χ0) is 17.8. The number of sulfonamides is 1. The third-order valence-corrected chi connectivity index (χ3v) is 6.86. The van der Waals surface area contributed by atoms with E-state index in [1.807, 2.05) is 0 Å². The molecule has 2 saturated heterocycles. The minimum atomic E-state index is -3.77. The average molecular weight is 355 g/mol. The van der Waals surface area contributed by atoms with Crippen molar-refractivity contribution in [1.82, 2.24) is 23.9 Å². The van der Waals surface area contributed by atoms with Crippen molar-refractivity contribution < 1.29 is 18.0 Å². The molecule has 0 N–H and O–H groups in total. The van der Waals surface area contributed by atoms with Gasteiger partial charge in [-0.05, 0) is 13.8 Å². The summed E-state index contributed by atoms with van der Waals surface area (Å²) >= 11 is 0. The van der Waals surface area contributed by atoms with Gasteiger partial charge in [-0.2, -0.15) is 9.40 Å². The second-order valence-electron chi connectivity index (χ2n) is 6.28.